The van der Waals surface area contributed by atoms with E-state index < -0.39 is 35.3 Å². The maximum Gasteiger partial charge on any atom is 0.309 e. The summed E-state index contributed by atoms with van der Waals surface area (Å²) < 4.78 is 31.2. The molecule has 8 nitrogen and oxygen atoms in total. The average Bonchev–Trinajstić information content (AvgIpc) is 3.22. The minimum absolute atomic E-state index is 0.0425. The third-order valence-electron chi connectivity index (χ3n) is 6.36. The third-order valence-corrected chi connectivity index (χ3v) is 6.36. The molecule has 2 fully saturated rings. The highest BCUT2D eigenvalue weighted by Gasteiger charge is 2.35. The summed E-state index contributed by atoms with van der Waals surface area (Å²) in [5, 5.41) is 12.1. The van der Waals surface area contributed by atoms with E-state index in [0.29, 0.717) is 44.9 Å². The number of carboxylic acid groups (broad SMARTS) is 1. The minimum atomic E-state index is -0.945. The fourth-order valence-corrected chi connectivity index (χ4v) is 4.63. The van der Waals surface area contributed by atoms with Crippen LogP contribution in [0.2, 0.25) is 0 Å². The Morgan fingerprint density at radius 2 is 1.71 bits per heavy atom. The smallest absolute Gasteiger partial charge is 0.309 e. The first kappa shape index (κ1) is 25.8. The van der Waals surface area contributed by atoms with Gasteiger partial charge in [-0.3, -0.25) is 14.4 Å². The van der Waals surface area contributed by atoms with Gasteiger partial charge in [0.15, 0.2) is 11.6 Å². The lowest BCUT2D eigenvalue weighted by Crippen LogP contribution is -2.40. The van der Waals surface area contributed by atoms with Crippen molar-refractivity contribution in [1.29, 1.82) is 0 Å². The van der Waals surface area contributed by atoms with E-state index in [2.05, 4.69) is 5.32 Å². The predicted molar refractivity (Wildman–Crippen MR) is 121 cm³/mol. The molecule has 1 amide bonds. The summed E-state index contributed by atoms with van der Waals surface area (Å²) in [4.78, 5) is 36.7. The van der Waals surface area contributed by atoms with Crippen LogP contribution >= 0.6 is 0 Å². The number of hydrogen-bond donors (Lipinski definition) is 2. The number of carbonyl (C=O) groups excluding carboxylic acids is 2. The third kappa shape index (κ3) is 6.39. The average molecular weight is 480 g/mol. The van der Waals surface area contributed by atoms with Crippen LogP contribution in [-0.2, 0) is 14.3 Å². The molecule has 1 aromatic rings. The first-order chi connectivity index (χ1) is 16.0. The number of amides is 1. The zero-order chi connectivity index (χ0) is 25.0. The minimum Gasteiger partial charge on any atom is -0.496 e. The van der Waals surface area contributed by atoms with Crippen LogP contribution in [0.1, 0.15) is 76.1 Å². The summed E-state index contributed by atoms with van der Waals surface area (Å²) in [6.07, 6.45) is 3.73. The first-order valence-corrected chi connectivity index (χ1v) is 11.8. The summed E-state index contributed by atoms with van der Waals surface area (Å²) in [5.74, 6) is -3.26. The molecule has 2 atom stereocenters. The molecule has 9 heteroatoms. The van der Waals surface area contributed by atoms with Gasteiger partial charge in [0, 0.05) is 12.1 Å². The van der Waals surface area contributed by atoms with Crippen LogP contribution < -0.4 is 14.8 Å². The second-order valence-electron chi connectivity index (χ2n) is 10.1. The molecule has 2 aliphatic rings. The second kappa shape index (κ2) is 10.6. The number of carbonyl (C=O) groups is 3. The van der Waals surface area contributed by atoms with Gasteiger partial charge in [-0.15, -0.1) is 0 Å². The lowest BCUT2D eigenvalue weighted by molar-refractivity contribution is -0.161. The first-order valence-electron chi connectivity index (χ1n) is 11.8. The standard InChI is InChI=1S/C25H34FNO7/c1-25(2,3)34-24(31)14-8-10-15(11-9-14)33-21-12-17(20(32-4)13-18(21)26)22(28)27-19-7-5-6-16(19)23(29)30/h12-16,19H,5-11H2,1-4H3,(H,27,28)(H,29,30). The molecule has 0 saturated heterocycles. The van der Waals surface area contributed by atoms with E-state index in [-0.39, 0.29) is 35.1 Å². The van der Waals surface area contributed by atoms with Crippen molar-refractivity contribution in [3.8, 4) is 11.5 Å². The van der Waals surface area contributed by atoms with Crippen molar-refractivity contribution in [2.45, 2.75) is 83.5 Å². The highest BCUT2D eigenvalue weighted by molar-refractivity contribution is 5.98. The number of ether oxygens (including phenoxy) is 3. The Hall–Kier alpha value is -2.84. The fraction of sp³-hybridized carbons (Fsp3) is 0.640. The van der Waals surface area contributed by atoms with Gasteiger partial charge in [0.2, 0.25) is 0 Å². The van der Waals surface area contributed by atoms with Crippen molar-refractivity contribution in [1.82, 2.24) is 5.32 Å². The van der Waals surface area contributed by atoms with Crippen LogP contribution in [0.15, 0.2) is 12.1 Å². The number of aliphatic carboxylic acids is 1. The number of rotatable bonds is 7. The Kier molecular flexibility index (Phi) is 8.05. The van der Waals surface area contributed by atoms with Crippen LogP contribution in [-0.4, -0.2) is 47.8 Å². The molecule has 0 spiro atoms. The number of hydrogen-bond acceptors (Lipinski definition) is 6. The quantitative estimate of drug-likeness (QED) is 0.567. The van der Waals surface area contributed by atoms with Crippen LogP contribution in [0.5, 0.6) is 11.5 Å². The molecule has 2 N–H and O–H groups in total. The Labute approximate surface area is 199 Å². The van der Waals surface area contributed by atoms with Crippen molar-refractivity contribution >= 4 is 17.8 Å². The number of esters is 1. The Balaban J connectivity index is 1.67. The van der Waals surface area contributed by atoms with E-state index in [9.17, 15) is 23.9 Å². The molecule has 0 radical (unpaired) electrons. The number of methoxy groups -OCH3 is 1. The topological polar surface area (TPSA) is 111 Å². The molecule has 0 heterocycles. The van der Waals surface area contributed by atoms with Crippen LogP contribution in [0.25, 0.3) is 0 Å². The molecule has 2 aliphatic carbocycles. The lowest BCUT2D eigenvalue weighted by atomic mass is 9.87. The lowest BCUT2D eigenvalue weighted by Gasteiger charge is -2.30. The largest absolute Gasteiger partial charge is 0.496 e. The summed E-state index contributed by atoms with van der Waals surface area (Å²) >= 11 is 0. The molecular formula is C25H34FNO7. The van der Waals surface area contributed by atoms with E-state index in [0.717, 1.165) is 6.07 Å². The molecule has 0 aromatic heterocycles. The molecule has 0 bridgehead atoms. The summed E-state index contributed by atoms with van der Waals surface area (Å²) in [6, 6.07) is 1.90. The highest BCUT2D eigenvalue weighted by atomic mass is 19.1. The summed E-state index contributed by atoms with van der Waals surface area (Å²) in [6.45, 7) is 5.48. The maximum atomic E-state index is 14.7. The molecule has 2 unspecified atom stereocenters. The Morgan fingerprint density at radius 3 is 2.29 bits per heavy atom. The Bertz CT molecular complexity index is 919. The Morgan fingerprint density at radius 1 is 1.03 bits per heavy atom. The van der Waals surface area contributed by atoms with Gasteiger partial charge in [-0.2, -0.15) is 0 Å². The van der Waals surface area contributed by atoms with Gasteiger partial charge < -0.3 is 24.6 Å². The fourth-order valence-electron chi connectivity index (χ4n) is 4.63. The molecule has 34 heavy (non-hydrogen) atoms. The van der Waals surface area contributed by atoms with Gasteiger partial charge in [0.05, 0.1) is 30.6 Å². The van der Waals surface area contributed by atoms with Crippen LogP contribution in [0, 0.1) is 17.7 Å². The van der Waals surface area contributed by atoms with Crippen LogP contribution in [0.3, 0.4) is 0 Å². The van der Waals surface area contributed by atoms with Crippen molar-refractivity contribution < 1.29 is 38.1 Å². The maximum absolute atomic E-state index is 14.7. The van der Waals surface area contributed by atoms with Gasteiger partial charge in [0.1, 0.15) is 11.4 Å². The molecule has 0 aliphatic heterocycles. The summed E-state index contributed by atoms with van der Waals surface area (Å²) in [7, 11) is 1.33. The van der Waals surface area contributed by atoms with Gasteiger partial charge >= 0.3 is 11.9 Å². The molecular weight excluding hydrogens is 445 g/mol. The van der Waals surface area contributed by atoms with E-state index >= 15 is 0 Å². The monoisotopic (exact) mass is 479 g/mol. The van der Waals surface area contributed by atoms with Crippen LogP contribution in [0.4, 0.5) is 4.39 Å². The number of nitrogens with one attached hydrogen (secondary N) is 1. The zero-order valence-corrected chi connectivity index (χ0v) is 20.2. The molecule has 2 saturated carbocycles. The molecule has 3 rings (SSSR count). The summed E-state index contributed by atoms with van der Waals surface area (Å²) in [5.41, 5.74) is -0.464. The van der Waals surface area contributed by atoms with E-state index in [1.807, 2.05) is 20.8 Å². The van der Waals surface area contributed by atoms with E-state index in [4.69, 9.17) is 14.2 Å². The van der Waals surface area contributed by atoms with E-state index in [1.165, 1.54) is 13.2 Å². The predicted octanol–water partition coefficient (Wildman–Crippen LogP) is 4.10. The normalized spacial score (nSPS) is 24.9. The van der Waals surface area contributed by atoms with Gasteiger partial charge in [0.25, 0.3) is 5.91 Å². The van der Waals surface area contributed by atoms with E-state index in [1.54, 1.807) is 0 Å². The number of halogens is 1. The zero-order valence-electron chi connectivity index (χ0n) is 20.2. The SMILES string of the molecule is COc1cc(F)c(OC2CCC(C(=O)OC(C)(C)C)CC2)cc1C(=O)NC1CCCC1C(=O)O. The van der Waals surface area contributed by atoms with Crippen molar-refractivity contribution in [3.63, 3.8) is 0 Å². The van der Waals surface area contributed by atoms with Gasteiger partial charge in [-0.1, -0.05) is 6.42 Å². The van der Waals surface area contributed by atoms with Crippen molar-refractivity contribution in [2.24, 2.45) is 11.8 Å². The highest BCUT2D eigenvalue weighted by Crippen LogP contribution is 2.34. The van der Waals surface area contributed by atoms with Crippen molar-refractivity contribution in [3.05, 3.63) is 23.5 Å². The van der Waals surface area contributed by atoms with Gasteiger partial charge in [-0.05, 0) is 65.4 Å². The number of benzene rings is 1. The molecule has 188 valence electrons. The second-order valence-corrected chi connectivity index (χ2v) is 10.1. The molecule has 1 aromatic carbocycles. The number of carboxylic acids is 1. The van der Waals surface area contributed by atoms with Gasteiger partial charge in [-0.25, -0.2) is 4.39 Å². The van der Waals surface area contributed by atoms with Crippen molar-refractivity contribution in [2.75, 3.05) is 7.11 Å².